The standard InChI is InChI=1S/C15H19N3O2S/c1-11-12(10-18(2)17-11)9-16-14-7-8-21(19,20)15-6-4-3-5-13(14)15/h3-6,10,14,16H,7-9H2,1-2H3. The molecule has 0 saturated heterocycles. The van der Waals surface area contributed by atoms with Crippen LogP contribution in [0.4, 0.5) is 0 Å². The quantitative estimate of drug-likeness (QED) is 0.938. The molecule has 1 aromatic carbocycles. The van der Waals surface area contributed by atoms with Crippen LogP contribution in [0.15, 0.2) is 35.4 Å². The lowest BCUT2D eigenvalue weighted by molar-refractivity contribution is 0.491. The van der Waals surface area contributed by atoms with E-state index in [0.717, 1.165) is 16.8 Å². The Labute approximate surface area is 124 Å². The maximum atomic E-state index is 12.1. The lowest BCUT2D eigenvalue weighted by atomic mass is 10.0. The van der Waals surface area contributed by atoms with E-state index in [0.29, 0.717) is 17.9 Å². The van der Waals surface area contributed by atoms with E-state index in [-0.39, 0.29) is 11.8 Å². The highest BCUT2D eigenvalue weighted by molar-refractivity contribution is 7.91. The summed E-state index contributed by atoms with van der Waals surface area (Å²) in [6.45, 7) is 2.68. The smallest absolute Gasteiger partial charge is 0.178 e. The molecular weight excluding hydrogens is 286 g/mol. The Morgan fingerprint density at radius 3 is 2.86 bits per heavy atom. The molecule has 0 spiro atoms. The Morgan fingerprint density at radius 1 is 1.38 bits per heavy atom. The monoisotopic (exact) mass is 305 g/mol. The number of rotatable bonds is 3. The molecule has 1 aromatic heterocycles. The summed E-state index contributed by atoms with van der Waals surface area (Å²) in [5.74, 6) is 0.202. The summed E-state index contributed by atoms with van der Waals surface area (Å²) in [5.41, 5.74) is 3.02. The van der Waals surface area contributed by atoms with Gasteiger partial charge >= 0.3 is 0 Å². The fraction of sp³-hybridized carbons (Fsp3) is 0.400. The van der Waals surface area contributed by atoms with E-state index in [1.165, 1.54) is 0 Å². The maximum absolute atomic E-state index is 12.1. The number of benzene rings is 1. The molecule has 3 rings (SSSR count). The zero-order valence-electron chi connectivity index (χ0n) is 12.2. The second kappa shape index (κ2) is 5.27. The van der Waals surface area contributed by atoms with Crippen LogP contribution < -0.4 is 5.32 Å². The molecule has 1 atom stereocenters. The SMILES string of the molecule is Cc1nn(C)cc1CNC1CCS(=O)(=O)c2ccccc21. The average Bonchev–Trinajstić information content (AvgIpc) is 2.76. The molecule has 1 unspecified atom stereocenters. The highest BCUT2D eigenvalue weighted by Gasteiger charge is 2.29. The van der Waals surface area contributed by atoms with Crippen LogP contribution in [0.5, 0.6) is 0 Å². The molecule has 2 heterocycles. The topological polar surface area (TPSA) is 64.0 Å². The summed E-state index contributed by atoms with van der Waals surface area (Å²) < 4.78 is 26.0. The Morgan fingerprint density at radius 2 is 2.14 bits per heavy atom. The number of hydrogen-bond donors (Lipinski definition) is 1. The molecule has 1 aliphatic rings. The van der Waals surface area contributed by atoms with Crippen LogP contribution in [0.1, 0.15) is 29.3 Å². The van der Waals surface area contributed by atoms with E-state index in [2.05, 4.69) is 10.4 Å². The first-order valence-corrected chi connectivity index (χ1v) is 8.67. The molecule has 0 amide bonds. The van der Waals surface area contributed by atoms with E-state index >= 15 is 0 Å². The third-order valence-corrected chi connectivity index (χ3v) is 5.77. The number of nitrogens with one attached hydrogen (secondary N) is 1. The van der Waals surface area contributed by atoms with Gasteiger partial charge in [0.2, 0.25) is 0 Å². The van der Waals surface area contributed by atoms with Crippen molar-refractivity contribution in [3.05, 3.63) is 47.3 Å². The largest absolute Gasteiger partial charge is 0.306 e. The minimum atomic E-state index is -3.12. The summed E-state index contributed by atoms with van der Waals surface area (Å²) in [6.07, 6.45) is 2.60. The van der Waals surface area contributed by atoms with Gasteiger partial charge in [-0.1, -0.05) is 18.2 Å². The van der Waals surface area contributed by atoms with Crippen molar-refractivity contribution in [3.63, 3.8) is 0 Å². The molecule has 21 heavy (non-hydrogen) atoms. The van der Waals surface area contributed by atoms with Gasteiger partial charge in [0, 0.05) is 31.4 Å². The lowest BCUT2D eigenvalue weighted by Crippen LogP contribution is -2.29. The van der Waals surface area contributed by atoms with E-state index in [9.17, 15) is 8.42 Å². The van der Waals surface area contributed by atoms with Crippen LogP contribution >= 0.6 is 0 Å². The second-order valence-corrected chi connectivity index (χ2v) is 7.57. The Bertz CT molecular complexity index is 765. The van der Waals surface area contributed by atoms with Gasteiger partial charge in [0.1, 0.15) is 0 Å². The molecule has 2 aromatic rings. The normalized spacial score (nSPS) is 20.2. The van der Waals surface area contributed by atoms with Crippen molar-refractivity contribution in [2.45, 2.75) is 30.8 Å². The second-order valence-electron chi connectivity index (χ2n) is 5.49. The molecule has 5 nitrogen and oxygen atoms in total. The molecule has 0 fully saturated rings. The minimum absolute atomic E-state index is 0.0735. The number of hydrogen-bond acceptors (Lipinski definition) is 4. The highest BCUT2D eigenvalue weighted by atomic mass is 32.2. The molecule has 0 aliphatic carbocycles. The molecule has 1 aliphatic heterocycles. The number of aryl methyl sites for hydroxylation is 2. The molecule has 112 valence electrons. The molecule has 1 N–H and O–H groups in total. The van der Waals surface area contributed by atoms with E-state index in [4.69, 9.17) is 0 Å². The first-order chi connectivity index (χ1) is 9.97. The van der Waals surface area contributed by atoms with Crippen LogP contribution in [0.2, 0.25) is 0 Å². The van der Waals surface area contributed by atoms with Gasteiger partial charge in [-0.3, -0.25) is 4.68 Å². The average molecular weight is 305 g/mol. The fourth-order valence-electron chi connectivity index (χ4n) is 2.86. The summed E-state index contributed by atoms with van der Waals surface area (Å²) in [6, 6.07) is 7.35. The predicted octanol–water partition coefficient (Wildman–Crippen LogP) is 1.74. The van der Waals surface area contributed by atoms with Gasteiger partial charge in [-0.25, -0.2) is 8.42 Å². The molecule has 0 radical (unpaired) electrons. The minimum Gasteiger partial charge on any atom is -0.306 e. The van der Waals surface area contributed by atoms with Gasteiger partial charge in [0.15, 0.2) is 9.84 Å². The number of sulfone groups is 1. The third kappa shape index (κ3) is 2.73. The third-order valence-electron chi connectivity index (χ3n) is 3.96. The van der Waals surface area contributed by atoms with Crippen LogP contribution in [0.25, 0.3) is 0 Å². The number of fused-ring (bicyclic) bond motifs is 1. The first-order valence-electron chi connectivity index (χ1n) is 7.01. The van der Waals surface area contributed by atoms with Crippen LogP contribution in [-0.2, 0) is 23.4 Å². The van der Waals surface area contributed by atoms with Crippen LogP contribution in [-0.4, -0.2) is 24.0 Å². The first kappa shape index (κ1) is 14.3. The predicted molar refractivity (Wildman–Crippen MR) is 80.6 cm³/mol. The summed E-state index contributed by atoms with van der Waals surface area (Å²) in [4.78, 5) is 0.469. The van der Waals surface area contributed by atoms with Crippen LogP contribution in [0, 0.1) is 6.92 Å². The van der Waals surface area contributed by atoms with Crippen molar-refractivity contribution in [3.8, 4) is 0 Å². The molecular formula is C15H19N3O2S. The van der Waals surface area contributed by atoms with Gasteiger partial charge < -0.3 is 5.32 Å². The summed E-state index contributed by atoms with van der Waals surface area (Å²) >= 11 is 0. The highest BCUT2D eigenvalue weighted by Crippen LogP contribution is 2.32. The van der Waals surface area contributed by atoms with Crippen molar-refractivity contribution < 1.29 is 8.42 Å². The molecule has 0 saturated carbocycles. The Kier molecular flexibility index (Phi) is 3.59. The zero-order valence-corrected chi connectivity index (χ0v) is 13.0. The van der Waals surface area contributed by atoms with E-state index < -0.39 is 9.84 Å². The Hall–Kier alpha value is -1.66. The van der Waals surface area contributed by atoms with Crippen molar-refractivity contribution in [2.75, 3.05) is 5.75 Å². The summed E-state index contributed by atoms with van der Waals surface area (Å²) in [7, 11) is -1.22. The van der Waals surface area contributed by atoms with Crippen molar-refractivity contribution in [1.29, 1.82) is 0 Å². The van der Waals surface area contributed by atoms with Gasteiger partial charge in [-0.2, -0.15) is 5.10 Å². The molecule has 0 bridgehead atoms. The Balaban J connectivity index is 1.83. The summed E-state index contributed by atoms with van der Waals surface area (Å²) in [5, 5.41) is 7.79. The molecule has 6 heteroatoms. The van der Waals surface area contributed by atoms with Gasteiger partial charge in [-0.05, 0) is 25.0 Å². The zero-order chi connectivity index (χ0) is 15.0. The van der Waals surface area contributed by atoms with E-state index in [1.807, 2.05) is 32.3 Å². The van der Waals surface area contributed by atoms with Crippen LogP contribution in [0.3, 0.4) is 0 Å². The fourth-order valence-corrected chi connectivity index (χ4v) is 4.48. The van der Waals surface area contributed by atoms with Gasteiger partial charge in [0.25, 0.3) is 0 Å². The van der Waals surface area contributed by atoms with Crippen molar-refractivity contribution in [2.24, 2.45) is 7.05 Å². The van der Waals surface area contributed by atoms with Gasteiger partial charge in [-0.15, -0.1) is 0 Å². The van der Waals surface area contributed by atoms with Crippen molar-refractivity contribution in [1.82, 2.24) is 15.1 Å². The van der Waals surface area contributed by atoms with Gasteiger partial charge in [0.05, 0.1) is 16.3 Å². The maximum Gasteiger partial charge on any atom is 0.178 e. The number of nitrogens with zero attached hydrogens (tertiary/aromatic N) is 2. The van der Waals surface area contributed by atoms with Crippen molar-refractivity contribution >= 4 is 9.84 Å². The lowest BCUT2D eigenvalue weighted by Gasteiger charge is -2.26. The van der Waals surface area contributed by atoms with E-state index in [1.54, 1.807) is 16.8 Å². The number of aromatic nitrogens is 2.